The lowest BCUT2D eigenvalue weighted by Crippen LogP contribution is -2.48. The summed E-state index contributed by atoms with van der Waals surface area (Å²) >= 11 is 0. The molecule has 0 spiro atoms. The number of rotatable bonds is 8. The third-order valence-electron chi connectivity index (χ3n) is 4.85. The van der Waals surface area contributed by atoms with Crippen molar-refractivity contribution in [1.82, 2.24) is 9.62 Å². The van der Waals surface area contributed by atoms with Gasteiger partial charge in [0.2, 0.25) is 15.9 Å². The Morgan fingerprint density at radius 3 is 1.97 bits per heavy atom. The van der Waals surface area contributed by atoms with Gasteiger partial charge in [0.15, 0.2) is 0 Å². The SMILES string of the molecule is Cc1ccc(S(=O)(=O)N[C@H](Cc2ccccc2)C(=O)N(C)Cc2ccccc2)cc1. The minimum atomic E-state index is -3.85. The highest BCUT2D eigenvalue weighted by Gasteiger charge is 2.28. The predicted octanol–water partition coefficient (Wildman–Crippen LogP) is 3.54. The summed E-state index contributed by atoms with van der Waals surface area (Å²) in [6, 6.07) is 24.7. The van der Waals surface area contributed by atoms with Crippen LogP contribution in [0.2, 0.25) is 0 Å². The molecule has 0 heterocycles. The molecule has 3 aromatic carbocycles. The first-order valence-corrected chi connectivity index (χ1v) is 11.3. The predicted molar refractivity (Wildman–Crippen MR) is 118 cm³/mol. The van der Waals surface area contributed by atoms with E-state index in [0.29, 0.717) is 6.54 Å². The van der Waals surface area contributed by atoms with Gasteiger partial charge in [-0.25, -0.2) is 8.42 Å². The van der Waals surface area contributed by atoms with E-state index in [9.17, 15) is 13.2 Å². The number of sulfonamides is 1. The van der Waals surface area contributed by atoms with Crippen molar-refractivity contribution in [3.05, 3.63) is 102 Å². The maximum atomic E-state index is 13.2. The lowest BCUT2D eigenvalue weighted by atomic mass is 10.1. The van der Waals surface area contributed by atoms with Gasteiger partial charge in [0.05, 0.1) is 4.90 Å². The lowest BCUT2D eigenvalue weighted by molar-refractivity contribution is -0.132. The Balaban J connectivity index is 1.84. The molecule has 0 fully saturated rings. The van der Waals surface area contributed by atoms with E-state index in [1.807, 2.05) is 67.6 Å². The molecule has 3 rings (SSSR count). The molecule has 0 aliphatic rings. The van der Waals surface area contributed by atoms with Gasteiger partial charge in [-0.05, 0) is 36.6 Å². The molecular formula is C24H26N2O3S. The van der Waals surface area contributed by atoms with E-state index in [1.165, 1.54) is 0 Å². The average Bonchev–Trinajstić information content (AvgIpc) is 2.74. The zero-order chi connectivity index (χ0) is 21.6. The van der Waals surface area contributed by atoms with Crippen LogP contribution in [0.25, 0.3) is 0 Å². The van der Waals surface area contributed by atoms with Gasteiger partial charge >= 0.3 is 0 Å². The molecule has 0 saturated heterocycles. The first-order chi connectivity index (χ1) is 14.3. The number of nitrogens with zero attached hydrogens (tertiary/aromatic N) is 1. The van der Waals surface area contributed by atoms with Gasteiger partial charge < -0.3 is 4.90 Å². The second-order valence-electron chi connectivity index (χ2n) is 7.36. The molecule has 3 aromatic rings. The molecule has 6 heteroatoms. The fraction of sp³-hybridized carbons (Fsp3) is 0.208. The van der Waals surface area contributed by atoms with Gasteiger partial charge in [0, 0.05) is 13.6 Å². The van der Waals surface area contributed by atoms with Crippen LogP contribution in [-0.2, 0) is 27.8 Å². The van der Waals surface area contributed by atoms with Crippen molar-refractivity contribution in [2.45, 2.75) is 30.8 Å². The number of likely N-dealkylation sites (N-methyl/N-ethyl adjacent to an activating group) is 1. The molecule has 0 aliphatic carbocycles. The Hall–Kier alpha value is -2.96. The highest BCUT2D eigenvalue weighted by atomic mass is 32.2. The molecule has 0 bridgehead atoms. The molecule has 30 heavy (non-hydrogen) atoms. The van der Waals surface area contributed by atoms with Crippen LogP contribution >= 0.6 is 0 Å². The lowest BCUT2D eigenvalue weighted by Gasteiger charge is -2.25. The third-order valence-corrected chi connectivity index (χ3v) is 6.34. The zero-order valence-electron chi connectivity index (χ0n) is 17.2. The second-order valence-corrected chi connectivity index (χ2v) is 9.07. The summed E-state index contributed by atoms with van der Waals surface area (Å²) in [5.74, 6) is -0.279. The van der Waals surface area contributed by atoms with Crippen molar-refractivity contribution >= 4 is 15.9 Å². The van der Waals surface area contributed by atoms with Gasteiger partial charge in [-0.15, -0.1) is 0 Å². The fourth-order valence-corrected chi connectivity index (χ4v) is 4.39. The monoisotopic (exact) mass is 422 g/mol. The standard InChI is InChI=1S/C24H26N2O3S/c1-19-13-15-22(16-14-19)30(28,29)25-23(17-20-9-5-3-6-10-20)24(27)26(2)18-21-11-7-4-8-12-21/h3-16,23,25H,17-18H2,1-2H3/t23-/m1/s1. The van der Waals surface area contributed by atoms with Crippen LogP contribution in [0.4, 0.5) is 0 Å². The van der Waals surface area contributed by atoms with Crippen LogP contribution in [0, 0.1) is 6.92 Å². The van der Waals surface area contributed by atoms with Gasteiger partial charge in [0.25, 0.3) is 0 Å². The van der Waals surface area contributed by atoms with E-state index < -0.39 is 16.1 Å². The number of benzene rings is 3. The Morgan fingerprint density at radius 1 is 0.867 bits per heavy atom. The summed E-state index contributed by atoms with van der Waals surface area (Å²) in [4.78, 5) is 14.9. The summed E-state index contributed by atoms with van der Waals surface area (Å²) in [6.45, 7) is 2.29. The zero-order valence-corrected chi connectivity index (χ0v) is 18.0. The van der Waals surface area contributed by atoms with Gasteiger partial charge in [0.1, 0.15) is 6.04 Å². The topological polar surface area (TPSA) is 66.5 Å². The Morgan fingerprint density at radius 2 is 1.40 bits per heavy atom. The molecule has 0 unspecified atom stereocenters. The van der Waals surface area contributed by atoms with E-state index in [0.717, 1.165) is 16.7 Å². The van der Waals surface area contributed by atoms with Gasteiger partial charge in [-0.2, -0.15) is 4.72 Å². The maximum Gasteiger partial charge on any atom is 0.241 e. The van der Waals surface area contributed by atoms with Gasteiger partial charge in [-0.1, -0.05) is 78.4 Å². The first-order valence-electron chi connectivity index (χ1n) is 9.77. The fourth-order valence-electron chi connectivity index (χ4n) is 3.20. The van der Waals surface area contributed by atoms with E-state index in [2.05, 4.69) is 4.72 Å². The number of nitrogens with one attached hydrogen (secondary N) is 1. The number of amides is 1. The minimum absolute atomic E-state index is 0.143. The molecule has 1 atom stereocenters. The molecule has 0 aliphatic heterocycles. The van der Waals surface area contributed by atoms with Crippen molar-refractivity contribution in [3.8, 4) is 0 Å². The molecule has 5 nitrogen and oxygen atoms in total. The van der Waals surface area contributed by atoms with Crippen molar-refractivity contribution in [2.75, 3.05) is 7.05 Å². The van der Waals surface area contributed by atoms with Crippen molar-refractivity contribution in [1.29, 1.82) is 0 Å². The Kier molecular flexibility index (Phi) is 7.03. The summed E-state index contributed by atoms with van der Waals surface area (Å²) in [7, 11) is -2.16. The van der Waals surface area contributed by atoms with Crippen LogP contribution in [-0.4, -0.2) is 32.3 Å². The van der Waals surface area contributed by atoms with E-state index in [1.54, 1.807) is 36.2 Å². The highest BCUT2D eigenvalue weighted by molar-refractivity contribution is 7.89. The quantitative estimate of drug-likeness (QED) is 0.604. The summed E-state index contributed by atoms with van der Waals surface area (Å²) in [6.07, 6.45) is 0.268. The average molecular weight is 423 g/mol. The third kappa shape index (κ3) is 5.78. The van der Waals surface area contributed by atoms with Crippen LogP contribution in [0.5, 0.6) is 0 Å². The number of hydrogen-bond acceptors (Lipinski definition) is 3. The van der Waals surface area contributed by atoms with E-state index in [4.69, 9.17) is 0 Å². The normalized spacial score (nSPS) is 12.3. The molecule has 1 amide bonds. The van der Waals surface area contributed by atoms with Crippen molar-refractivity contribution in [2.24, 2.45) is 0 Å². The summed E-state index contributed by atoms with van der Waals surface area (Å²) < 4.78 is 28.5. The molecule has 156 valence electrons. The molecule has 0 aromatic heterocycles. The highest BCUT2D eigenvalue weighted by Crippen LogP contribution is 2.14. The van der Waals surface area contributed by atoms with Crippen molar-refractivity contribution in [3.63, 3.8) is 0 Å². The molecule has 0 radical (unpaired) electrons. The van der Waals surface area contributed by atoms with E-state index >= 15 is 0 Å². The Labute approximate surface area is 178 Å². The van der Waals surface area contributed by atoms with Crippen LogP contribution in [0.1, 0.15) is 16.7 Å². The maximum absolute atomic E-state index is 13.2. The summed E-state index contributed by atoms with van der Waals surface area (Å²) in [5.41, 5.74) is 2.83. The first kappa shape index (κ1) is 21.7. The minimum Gasteiger partial charge on any atom is -0.340 e. The van der Waals surface area contributed by atoms with Gasteiger partial charge in [-0.3, -0.25) is 4.79 Å². The second kappa shape index (κ2) is 9.69. The number of aryl methyl sites for hydroxylation is 1. The Bertz CT molecular complexity index is 1070. The largest absolute Gasteiger partial charge is 0.340 e. The molecule has 1 N–H and O–H groups in total. The number of carbonyl (C=O) groups is 1. The number of carbonyl (C=O) groups excluding carboxylic acids is 1. The molecular weight excluding hydrogens is 396 g/mol. The summed E-state index contributed by atoms with van der Waals surface area (Å²) in [5, 5.41) is 0. The number of hydrogen-bond donors (Lipinski definition) is 1. The van der Waals surface area contributed by atoms with Crippen LogP contribution in [0.15, 0.2) is 89.8 Å². The van der Waals surface area contributed by atoms with Crippen LogP contribution < -0.4 is 4.72 Å². The smallest absolute Gasteiger partial charge is 0.241 e. The van der Waals surface area contributed by atoms with E-state index in [-0.39, 0.29) is 17.2 Å². The molecule has 0 saturated carbocycles. The van der Waals surface area contributed by atoms with Crippen LogP contribution in [0.3, 0.4) is 0 Å². The van der Waals surface area contributed by atoms with Crippen molar-refractivity contribution < 1.29 is 13.2 Å².